The van der Waals surface area contributed by atoms with E-state index in [-0.39, 0.29) is 18.4 Å². The monoisotopic (exact) mass is 460 g/mol. The molecule has 0 unspecified atom stereocenters. The molecule has 0 saturated heterocycles. The van der Waals surface area contributed by atoms with Gasteiger partial charge < -0.3 is 15.0 Å². The number of halogens is 1. The Morgan fingerprint density at radius 3 is 2.45 bits per heavy atom. The first-order valence-corrected chi connectivity index (χ1v) is 10.8. The van der Waals surface area contributed by atoms with Crippen LogP contribution < -0.4 is 10.1 Å². The minimum atomic E-state index is -0.594. The average Bonchev–Trinajstić information content (AvgIpc) is 2.74. The van der Waals surface area contributed by atoms with Crippen molar-refractivity contribution in [2.75, 3.05) is 13.2 Å². The highest BCUT2D eigenvalue weighted by Crippen LogP contribution is 2.26. The molecule has 0 aliphatic rings. The van der Waals surface area contributed by atoms with Crippen LogP contribution in [0.3, 0.4) is 0 Å². The molecular formula is C23H29BrN2O3. The molecule has 2 aromatic rings. The molecule has 0 aliphatic carbocycles. The van der Waals surface area contributed by atoms with Crippen LogP contribution in [0.1, 0.15) is 38.3 Å². The zero-order valence-corrected chi connectivity index (χ0v) is 18.9. The van der Waals surface area contributed by atoms with Gasteiger partial charge in [0.15, 0.2) is 6.61 Å². The first-order valence-electron chi connectivity index (χ1n) is 9.98. The van der Waals surface area contributed by atoms with Gasteiger partial charge in [-0.15, -0.1) is 0 Å². The van der Waals surface area contributed by atoms with Crippen LogP contribution in [0.15, 0.2) is 53.0 Å². The lowest BCUT2D eigenvalue weighted by Crippen LogP contribution is -2.49. The quantitative estimate of drug-likeness (QED) is 0.573. The topological polar surface area (TPSA) is 58.6 Å². The van der Waals surface area contributed by atoms with Gasteiger partial charge in [-0.25, -0.2) is 0 Å². The Morgan fingerprint density at radius 2 is 1.83 bits per heavy atom. The van der Waals surface area contributed by atoms with Crippen LogP contribution in [0, 0.1) is 0 Å². The summed E-state index contributed by atoms with van der Waals surface area (Å²) in [6.45, 7) is 6.62. The highest BCUT2D eigenvalue weighted by atomic mass is 79.9. The number of ether oxygens (including phenoxy) is 1. The number of carbonyl (C=O) groups excluding carboxylic acids is 2. The zero-order valence-electron chi connectivity index (χ0n) is 17.3. The summed E-state index contributed by atoms with van der Waals surface area (Å²) in [6.07, 6.45) is 1.77. The van der Waals surface area contributed by atoms with E-state index >= 15 is 0 Å². The van der Waals surface area contributed by atoms with E-state index in [9.17, 15) is 9.59 Å². The molecule has 0 spiro atoms. The maximum atomic E-state index is 13.0. The minimum Gasteiger partial charge on any atom is -0.483 e. The summed E-state index contributed by atoms with van der Waals surface area (Å²) in [7, 11) is 0. The van der Waals surface area contributed by atoms with Gasteiger partial charge in [-0.3, -0.25) is 9.59 Å². The molecule has 0 heterocycles. The molecule has 0 aromatic heterocycles. The first-order chi connectivity index (χ1) is 14.0. The van der Waals surface area contributed by atoms with E-state index in [4.69, 9.17) is 4.74 Å². The smallest absolute Gasteiger partial charge is 0.261 e. The van der Waals surface area contributed by atoms with Gasteiger partial charge in [-0.2, -0.15) is 0 Å². The Labute approximate surface area is 181 Å². The third-order valence-electron chi connectivity index (χ3n) is 4.67. The van der Waals surface area contributed by atoms with Crippen molar-refractivity contribution in [1.82, 2.24) is 10.2 Å². The third kappa shape index (κ3) is 6.89. The molecule has 2 amide bonds. The van der Waals surface area contributed by atoms with Gasteiger partial charge in [0.05, 0.1) is 4.47 Å². The van der Waals surface area contributed by atoms with Crippen LogP contribution in [0.5, 0.6) is 5.75 Å². The van der Waals surface area contributed by atoms with Crippen LogP contribution in [0.25, 0.3) is 0 Å². The summed E-state index contributed by atoms with van der Waals surface area (Å²) in [5.74, 6) is 0.211. The van der Waals surface area contributed by atoms with E-state index in [1.807, 2.05) is 55.5 Å². The molecule has 2 rings (SSSR count). The fourth-order valence-corrected chi connectivity index (χ4v) is 3.40. The number of aryl methyl sites for hydroxylation is 1. The highest BCUT2D eigenvalue weighted by molar-refractivity contribution is 9.10. The van der Waals surface area contributed by atoms with E-state index in [0.29, 0.717) is 18.8 Å². The van der Waals surface area contributed by atoms with Crippen LogP contribution in [0.2, 0.25) is 0 Å². The molecule has 156 valence electrons. The van der Waals surface area contributed by atoms with Gasteiger partial charge in [-0.1, -0.05) is 50.2 Å². The van der Waals surface area contributed by atoms with Crippen molar-refractivity contribution in [2.45, 2.75) is 46.2 Å². The number of hydrogen-bond acceptors (Lipinski definition) is 3. The maximum Gasteiger partial charge on any atom is 0.261 e. The van der Waals surface area contributed by atoms with Crippen molar-refractivity contribution in [2.24, 2.45) is 0 Å². The summed E-state index contributed by atoms with van der Waals surface area (Å²) >= 11 is 3.50. The molecule has 5 nitrogen and oxygen atoms in total. The van der Waals surface area contributed by atoms with Crippen molar-refractivity contribution < 1.29 is 14.3 Å². The average molecular weight is 461 g/mol. The van der Waals surface area contributed by atoms with Gasteiger partial charge in [0, 0.05) is 13.1 Å². The number of rotatable bonds is 10. The number of hydrogen-bond donors (Lipinski definition) is 1. The van der Waals surface area contributed by atoms with Gasteiger partial charge in [0.2, 0.25) is 5.91 Å². The second kappa shape index (κ2) is 11.6. The Bertz CT molecular complexity index is 811. The molecule has 29 heavy (non-hydrogen) atoms. The molecule has 0 bridgehead atoms. The maximum absolute atomic E-state index is 13.0. The molecule has 1 atom stereocenters. The number of amides is 2. The van der Waals surface area contributed by atoms with Crippen molar-refractivity contribution in [3.63, 3.8) is 0 Å². The molecule has 2 aromatic carbocycles. The summed E-state index contributed by atoms with van der Waals surface area (Å²) in [5.41, 5.74) is 2.15. The molecule has 0 saturated carbocycles. The third-order valence-corrected chi connectivity index (χ3v) is 5.29. The Kier molecular flexibility index (Phi) is 9.19. The Hall–Kier alpha value is -2.34. The molecule has 0 radical (unpaired) electrons. The van der Waals surface area contributed by atoms with Crippen LogP contribution in [-0.4, -0.2) is 35.9 Å². The first kappa shape index (κ1) is 22.9. The van der Waals surface area contributed by atoms with Crippen LogP contribution >= 0.6 is 15.9 Å². The van der Waals surface area contributed by atoms with Gasteiger partial charge in [0.25, 0.3) is 5.91 Å². The van der Waals surface area contributed by atoms with E-state index < -0.39 is 6.04 Å². The largest absolute Gasteiger partial charge is 0.483 e. The number of nitrogens with one attached hydrogen (secondary N) is 1. The lowest BCUT2D eigenvalue weighted by molar-refractivity contribution is -0.142. The van der Waals surface area contributed by atoms with Gasteiger partial charge in [0.1, 0.15) is 11.8 Å². The zero-order chi connectivity index (χ0) is 21.2. The van der Waals surface area contributed by atoms with E-state index in [1.54, 1.807) is 11.8 Å². The van der Waals surface area contributed by atoms with E-state index in [0.717, 1.165) is 22.9 Å². The van der Waals surface area contributed by atoms with Crippen molar-refractivity contribution in [3.05, 3.63) is 64.1 Å². The SMILES string of the molecule is CCCNC(=O)[C@H](C)N(Cc1ccccc1)C(=O)COc1ccc(CC)cc1Br. The van der Waals surface area contributed by atoms with Crippen LogP contribution in [0.4, 0.5) is 0 Å². The highest BCUT2D eigenvalue weighted by Gasteiger charge is 2.26. The molecule has 6 heteroatoms. The molecule has 1 N–H and O–H groups in total. The molecule has 0 aliphatic heterocycles. The van der Waals surface area contributed by atoms with E-state index in [1.165, 1.54) is 5.56 Å². The lowest BCUT2D eigenvalue weighted by atomic mass is 10.1. The summed E-state index contributed by atoms with van der Waals surface area (Å²) in [6, 6.07) is 14.9. The Balaban J connectivity index is 2.11. The number of carbonyl (C=O) groups is 2. The fraction of sp³-hybridized carbons (Fsp3) is 0.391. The lowest BCUT2D eigenvalue weighted by Gasteiger charge is -2.28. The molecular weight excluding hydrogens is 432 g/mol. The van der Waals surface area contributed by atoms with Crippen molar-refractivity contribution in [3.8, 4) is 5.75 Å². The van der Waals surface area contributed by atoms with Gasteiger partial charge >= 0.3 is 0 Å². The predicted octanol–water partition coefficient (Wildman–Crippen LogP) is 4.33. The normalized spacial score (nSPS) is 11.6. The van der Waals surface area contributed by atoms with Gasteiger partial charge in [-0.05, 0) is 59.0 Å². The Morgan fingerprint density at radius 1 is 1.10 bits per heavy atom. The summed E-state index contributed by atoms with van der Waals surface area (Å²) < 4.78 is 6.57. The van der Waals surface area contributed by atoms with Crippen molar-refractivity contribution >= 4 is 27.7 Å². The number of nitrogens with zero attached hydrogens (tertiary/aromatic N) is 1. The summed E-state index contributed by atoms with van der Waals surface area (Å²) in [4.78, 5) is 27.0. The second-order valence-corrected chi connectivity index (χ2v) is 7.74. The predicted molar refractivity (Wildman–Crippen MR) is 119 cm³/mol. The standard InChI is InChI=1S/C23H29BrN2O3/c1-4-13-25-23(28)17(3)26(15-19-9-7-6-8-10-19)22(27)16-29-21-12-11-18(5-2)14-20(21)24/h6-12,14,17H,4-5,13,15-16H2,1-3H3,(H,25,28)/t17-/m0/s1. The molecule has 0 fully saturated rings. The minimum absolute atomic E-state index is 0.137. The second-order valence-electron chi connectivity index (χ2n) is 6.88. The van der Waals surface area contributed by atoms with E-state index in [2.05, 4.69) is 28.2 Å². The fourth-order valence-electron chi connectivity index (χ4n) is 2.86. The number of benzene rings is 2. The summed E-state index contributed by atoms with van der Waals surface area (Å²) in [5, 5.41) is 2.87. The van der Waals surface area contributed by atoms with Crippen molar-refractivity contribution in [1.29, 1.82) is 0 Å². The van der Waals surface area contributed by atoms with Crippen LogP contribution in [-0.2, 0) is 22.6 Å².